The fraction of sp³-hybridized carbons (Fsp3) is 0.943. The van der Waals surface area contributed by atoms with E-state index in [-0.39, 0.29) is 28.6 Å². The van der Waals surface area contributed by atoms with E-state index < -0.39 is 11.0 Å². The maximum absolute atomic E-state index is 12.8. The summed E-state index contributed by atoms with van der Waals surface area (Å²) in [5, 5.41) is 10.6. The molecule has 0 aromatic heterocycles. The lowest BCUT2D eigenvalue weighted by Gasteiger charge is -2.62. The molecular weight excluding hydrogens is 500 g/mol. The van der Waals surface area contributed by atoms with Crippen LogP contribution in [0, 0.1) is 52.3 Å². The molecule has 228 valence electrons. The SMILES string of the molecule is CCC(C)(C)C(=O)OC1(C(C)C)C2CC3CC(C2)CC1C3.CCC(C)(C)C(=O)OC12CC3CC(CC(O)(C3)C1)C2. The Hall–Kier alpha value is -1.10. The van der Waals surface area contributed by atoms with Crippen molar-refractivity contribution in [1.82, 2.24) is 0 Å². The molecule has 1 N–H and O–H groups in total. The molecule has 8 aliphatic rings. The molecule has 2 atom stereocenters. The number of rotatable bonds is 7. The number of hydrogen-bond acceptors (Lipinski definition) is 5. The molecule has 5 nitrogen and oxygen atoms in total. The summed E-state index contributed by atoms with van der Waals surface area (Å²) in [5.74, 6) is 4.56. The Labute approximate surface area is 243 Å². The molecule has 0 heterocycles. The molecule has 8 bridgehead atoms. The summed E-state index contributed by atoms with van der Waals surface area (Å²) in [6.07, 6.45) is 13.9. The fourth-order valence-corrected chi connectivity index (χ4v) is 10.3. The van der Waals surface area contributed by atoms with Gasteiger partial charge in [-0.2, -0.15) is 0 Å². The van der Waals surface area contributed by atoms with Crippen LogP contribution in [0.2, 0.25) is 0 Å². The largest absolute Gasteiger partial charge is 0.459 e. The minimum Gasteiger partial charge on any atom is -0.459 e. The van der Waals surface area contributed by atoms with Crippen molar-refractivity contribution in [2.45, 2.75) is 156 Å². The summed E-state index contributed by atoms with van der Waals surface area (Å²) in [4.78, 5) is 25.2. The van der Waals surface area contributed by atoms with Gasteiger partial charge in [-0.3, -0.25) is 9.59 Å². The summed E-state index contributed by atoms with van der Waals surface area (Å²) in [6.45, 7) is 16.6. The molecular formula is C35H58O5. The highest BCUT2D eigenvalue weighted by Gasteiger charge is 2.62. The minimum absolute atomic E-state index is 0.0335. The van der Waals surface area contributed by atoms with E-state index in [1.165, 1.54) is 38.5 Å². The summed E-state index contributed by atoms with van der Waals surface area (Å²) in [5.41, 5.74) is -1.84. The van der Waals surface area contributed by atoms with Crippen LogP contribution < -0.4 is 0 Å². The molecule has 0 radical (unpaired) electrons. The third kappa shape index (κ3) is 5.28. The molecule has 2 unspecified atom stereocenters. The molecule has 0 saturated heterocycles. The van der Waals surface area contributed by atoms with Gasteiger partial charge in [-0.25, -0.2) is 0 Å². The van der Waals surface area contributed by atoms with Gasteiger partial charge in [0, 0.05) is 6.42 Å². The van der Waals surface area contributed by atoms with Gasteiger partial charge >= 0.3 is 11.9 Å². The van der Waals surface area contributed by atoms with Gasteiger partial charge in [-0.05, 0) is 146 Å². The maximum atomic E-state index is 12.8. The van der Waals surface area contributed by atoms with Crippen molar-refractivity contribution in [3.8, 4) is 0 Å². The van der Waals surface area contributed by atoms with Gasteiger partial charge in [0.05, 0.1) is 16.4 Å². The zero-order valence-corrected chi connectivity index (χ0v) is 26.8. The quantitative estimate of drug-likeness (QED) is 0.322. The van der Waals surface area contributed by atoms with E-state index in [4.69, 9.17) is 9.47 Å². The van der Waals surface area contributed by atoms with E-state index in [1.807, 2.05) is 34.6 Å². The summed E-state index contributed by atoms with van der Waals surface area (Å²) in [7, 11) is 0. The smallest absolute Gasteiger partial charge is 0.312 e. The van der Waals surface area contributed by atoms with E-state index in [9.17, 15) is 14.7 Å². The molecule has 0 aliphatic heterocycles. The van der Waals surface area contributed by atoms with Crippen LogP contribution in [0.15, 0.2) is 0 Å². The average Bonchev–Trinajstić information content (AvgIpc) is 2.84. The Balaban J connectivity index is 0.000000162. The van der Waals surface area contributed by atoms with E-state index in [0.717, 1.165) is 50.4 Å². The molecule has 0 aromatic rings. The second kappa shape index (κ2) is 10.3. The highest BCUT2D eigenvalue weighted by molar-refractivity contribution is 5.77. The maximum Gasteiger partial charge on any atom is 0.312 e. The first kappa shape index (κ1) is 30.4. The van der Waals surface area contributed by atoms with Crippen LogP contribution in [0.3, 0.4) is 0 Å². The highest BCUT2D eigenvalue weighted by Crippen LogP contribution is 2.62. The van der Waals surface area contributed by atoms with Crippen LogP contribution in [0.4, 0.5) is 0 Å². The van der Waals surface area contributed by atoms with Crippen molar-refractivity contribution in [2.24, 2.45) is 52.3 Å². The molecule has 8 rings (SSSR count). The summed E-state index contributed by atoms with van der Waals surface area (Å²) < 4.78 is 12.4. The number of ether oxygens (including phenoxy) is 2. The average molecular weight is 559 g/mol. The van der Waals surface area contributed by atoms with E-state index in [0.29, 0.717) is 36.0 Å². The first-order chi connectivity index (χ1) is 18.6. The molecule has 5 heteroatoms. The van der Waals surface area contributed by atoms with Crippen LogP contribution in [-0.2, 0) is 19.1 Å². The highest BCUT2D eigenvalue weighted by atomic mass is 16.6. The fourth-order valence-electron chi connectivity index (χ4n) is 10.3. The molecule has 8 saturated carbocycles. The summed E-state index contributed by atoms with van der Waals surface area (Å²) >= 11 is 0. The van der Waals surface area contributed by atoms with Gasteiger partial charge in [0.25, 0.3) is 0 Å². The lowest BCUT2D eigenvalue weighted by Crippen LogP contribution is -2.63. The van der Waals surface area contributed by atoms with Crippen molar-refractivity contribution < 1.29 is 24.2 Å². The van der Waals surface area contributed by atoms with Gasteiger partial charge in [0.15, 0.2) is 0 Å². The molecule has 0 spiro atoms. The Morgan fingerprint density at radius 1 is 0.725 bits per heavy atom. The predicted octanol–water partition coefficient (Wildman–Crippen LogP) is 7.87. The van der Waals surface area contributed by atoms with Crippen LogP contribution in [-0.4, -0.2) is 33.8 Å². The van der Waals surface area contributed by atoms with Crippen LogP contribution in [0.5, 0.6) is 0 Å². The second-order valence-corrected chi connectivity index (χ2v) is 16.9. The third-order valence-electron chi connectivity index (χ3n) is 12.7. The number of hydrogen-bond donors (Lipinski definition) is 1. The molecule has 8 aliphatic carbocycles. The normalized spacial score (nSPS) is 43.0. The van der Waals surface area contributed by atoms with Crippen LogP contribution >= 0.6 is 0 Å². The van der Waals surface area contributed by atoms with Crippen molar-refractivity contribution in [3.63, 3.8) is 0 Å². The molecule has 0 aromatic carbocycles. The van der Waals surface area contributed by atoms with Gasteiger partial charge in [-0.15, -0.1) is 0 Å². The summed E-state index contributed by atoms with van der Waals surface area (Å²) in [6, 6.07) is 0. The Morgan fingerprint density at radius 2 is 1.15 bits per heavy atom. The lowest BCUT2D eigenvalue weighted by molar-refractivity contribution is -0.231. The van der Waals surface area contributed by atoms with Crippen molar-refractivity contribution in [3.05, 3.63) is 0 Å². The lowest BCUT2D eigenvalue weighted by atomic mass is 9.47. The van der Waals surface area contributed by atoms with Gasteiger partial charge in [-0.1, -0.05) is 27.7 Å². The van der Waals surface area contributed by atoms with E-state index >= 15 is 0 Å². The van der Waals surface area contributed by atoms with E-state index in [1.54, 1.807) is 0 Å². The van der Waals surface area contributed by atoms with Crippen molar-refractivity contribution >= 4 is 11.9 Å². The minimum atomic E-state index is -0.555. The first-order valence-corrected chi connectivity index (χ1v) is 16.7. The Morgan fingerprint density at radius 3 is 1.55 bits per heavy atom. The number of aliphatic hydroxyl groups is 1. The zero-order valence-electron chi connectivity index (χ0n) is 26.8. The van der Waals surface area contributed by atoms with E-state index in [2.05, 4.69) is 20.8 Å². The third-order valence-corrected chi connectivity index (χ3v) is 12.7. The molecule has 0 amide bonds. The molecule has 8 fully saturated rings. The standard InChI is InChI=1S/C19H32O2.C16H26O3/c1-6-18(4,5)17(20)21-19(12(2)3)15-8-13-7-14(10-15)11-16(19)9-13;1-4-14(2,3)13(17)19-16-8-11-5-12(9-16)7-15(18,6-11)10-16/h12-16H,6-11H2,1-5H3;11-12,18H,4-10H2,1-3H3. The Kier molecular flexibility index (Phi) is 7.79. The van der Waals surface area contributed by atoms with Gasteiger partial charge < -0.3 is 14.6 Å². The van der Waals surface area contributed by atoms with Crippen molar-refractivity contribution in [1.29, 1.82) is 0 Å². The zero-order chi connectivity index (χ0) is 29.3. The number of carbonyl (C=O) groups excluding carboxylic acids is 2. The van der Waals surface area contributed by atoms with Crippen molar-refractivity contribution in [2.75, 3.05) is 0 Å². The number of carbonyl (C=O) groups is 2. The first-order valence-electron chi connectivity index (χ1n) is 16.7. The Bertz CT molecular complexity index is 934. The molecule has 40 heavy (non-hydrogen) atoms. The topological polar surface area (TPSA) is 72.8 Å². The second-order valence-electron chi connectivity index (χ2n) is 16.9. The van der Waals surface area contributed by atoms with Crippen LogP contribution in [0.1, 0.15) is 139 Å². The monoisotopic (exact) mass is 558 g/mol. The number of esters is 2. The van der Waals surface area contributed by atoms with Crippen LogP contribution in [0.25, 0.3) is 0 Å². The van der Waals surface area contributed by atoms with Gasteiger partial charge in [0.2, 0.25) is 0 Å². The predicted molar refractivity (Wildman–Crippen MR) is 157 cm³/mol. The van der Waals surface area contributed by atoms with Gasteiger partial charge in [0.1, 0.15) is 11.2 Å².